The molecule has 1 N–H and O–H groups in total. The molecule has 0 aliphatic heterocycles. The average molecular weight is 189 g/mol. The summed E-state index contributed by atoms with van der Waals surface area (Å²) >= 11 is 0. The molecule has 0 aliphatic carbocycles. The molecule has 0 saturated carbocycles. The van der Waals surface area contributed by atoms with Crippen LogP contribution in [-0.2, 0) is 19.4 Å². The van der Waals surface area contributed by atoms with Crippen LogP contribution in [0.15, 0.2) is 0 Å². The first kappa shape index (κ1) is 16.7. The Hall–Kier alpha value is 1.34. The van der Waals surface area contributed by atoms with Crippen LogP contribution in [-0.4, -0.2) is 4.55 Å². The molecular weight excluding hydrogens is 188 g/mol. The molecule has 1 radical (unpaired) electrons. The fourth-order valence-electron chi connectivity index (χ4n) is 0. The molecule has 0 aromatic carbocycles. The molecule has 0 atom stereocenters. The van der Waals surface area contributed by atoms with E-state index in [2.05, 4.69) is 0 Å². The Labute approximate surface area is 93.8 Å². The van der Waals surface area contributed by atoms with E-state index in [4.69, 9.17) is 13.0 Å². The third-order valence-corrected chi connectivity index (χ3v) is 0. The van der Waals surface area contributed by atoms with E-state index in [1.807, 2.05) is 0 Å². The van der Waals surface area contributed by atoms with Crippen LogP contribution < -0.4 is 51.4 Å². The fourth-order valence-corrected chi connectivity index (χ4v) is 0. The van der Waals surface area contributed by atoms with Gasteiger partial charge >= 0.3 is 58.1 Å². The van der Waals surface area contributed by atoms with Crippen molar-refractivity contribution in [3.05, 3.63) is 6.68 Å². The zero-order chi connectivity index (χ0) is 7.15. The molecule has 0 saturated heterocycles. The Kier molecular flexibility index (Phi) is 22.4. The standard InChI is InChI=1S/CF3.K.HO3S/c2-1(3)4;;1-4(2)3/h;;(H,1,2,3)/q;+1;-1. The van der Waals surface area contributed by atoms with Crippen molar-refractivity contribution in [3.63, 3.8) is 0 Å². The van der Waals surface area contributed by atoms with E-state index in [9.17, 15) is 13.2 Å². The summed E-state index contributed by atoms with van der Waals surface area (Å²) in [5, 5.41) is 0. The van der Waals surface area contributed by atoms with Gasteiger partial charge in [0.25, 0.3) is 0 Å². The number of hydrogen-bond acceptors (Lipinski definition) is 3. The van der Waals surface area contributed by atoms with Gasteiger partial charge in [0.05, 0.1) is 0 Å². The number of halogens is 3. The topological polar surface area (TPSA) is 54.4 Å². The van der Waals surface area contributed by atoms with E-state index in [0.29, 0.717) is 0 Å². The molecule has 0 bridgehead atoms. The summed E-state index contributed by atoms with van der Waals surface area (Å²) in [4.78, 5) is 0. The average Bonchev–Trinajstić information content (AvgIpc) is 1.25. The van der Waals surface area contributed by atoms with Crippen LogP contribution in [0.5, 0.6) is 0 Å². The van der Waals surface area contributed by atoms with Crippen molar-refractivity contribution in [2.24, 2.45) is 0 Å². The van der Waals surface area contributed by atoms with E-state index in [-0.39, 0.29) is 51.4 Å². The summed E-state index contributed by atoms with van der Waals surface area (Å²) in [6, 6.07) is 0. The van der Waals surface area contributed by atoms with Crippen molar-refractivity contribution < 1.29 is 77.5 Å². The molecule has 8 heteroatoms. The maximum atomic E-state index is 9.58. The Morgan fingerprint density at radius 1 is 1.22 bits per heavy atom. The van der Waals surface area contributed by atoms with Gasteiger partial charge in [-0.05, 0) is 0 Å². The second kappa shape index (κ2) is 12.1. The van der Waals surface area contributed by atoms with E-state index >= 15 is 0 Å². The monoisotopic (exact) mass is 189 g/mol. The second-order valence-corrected chi connectivity index (χ2v) is 0.866. The Balaban J connectivity index is -0.0000000720. The van der Waals surface area contributed by atoms with Gasteiger partial charge in [0.1, 0.15) is 0 Å². The van der Waals surface area contributed by atoms with Crippen molar-refractivity contribution in [2.75, 3.05) is 0 Å². The molecule has 0 unspecified atom stereocenters. The molecule has 9 heavy (non-hydrogen) atoms. The minimum absolute atomic E-state index is 0. The van der Waals surface area contributed by atoms with Crippen molar-refractivity contribution in [3.8, 4) is 0 Å². The molecule has 0 aliphatic rings. The summed E-state index contributed by atoms with van der Waals surface area (Å²) in [5.74, 6) is 0. The van der Waals surface area contributed by atoms with Gasteiger partial charge in [0.15, 0.2) is 0 Å². The third kappa shape index (κ3) is 281. The van der Waals surface area contributed by atoms with Gasteiger partial charge in [-0.25, -0.2) is 0 Å². The van der Waals surface area contributed by atoms with Gasteiger partial charge in [-0.3, -0.25) is 0 Å². The van der Waals surface area contributed by atoms with Crippen LogP contribution in [0, 0.1) is 6.68 Å². The van der Waals surface area contributed by atoms with Gasteiger partial charge in [0, 0.05) is 11.0 Å². The smallest absolute Gasteiger partial charge is 0.439 e. The fraction of sp³-hybridized carbons (Fsp3) is 0. The van der Waals surface area contributed by atoms with E-state index in [1.54, 1.807) is 0 Å². The van der Waals surface area contributed by atoms with Gasteiger partial charge in [-0.15, -0.1) is 0 Å². The van der Waals surface area contributed by atoms with E-state index < -0.39 is 17.7 Å². The largest absolute Gasteiger partial charge is 1.00 e. The van der Waals surface area contributed by atoms with Gasteiger partial charge in [-0.2, -0.15) is 13.2 Å². The van der Waals surface area contributed by atoms with Gasteiger partial charge in [0.2, 0.25) is 0 Å². The van der Waals surface area contributed by atoms with Crippen LogP contribution in [0.4, 0.5) is 13.2 Å². The van der Waals surface area contributed by atoms with Crippen LogP contribution in [0.1, 0.15) is 0 Å². The first-order chi connectivity index (χ1) is 3.46. The third-order valence-electron chi connectivity index (χ3n) is 0. The number of hydrogen-bond donors (Lipinski definition) is 1. The predicted molar refractivity (Wildman–Crippen MR) is 17.9 cm³/mol. The van der Waals surface area contributed by atoms with Crippen LogP contribution in [0.25, 0.3) is 0 Å². The molecule has 0 amide bonds. The molecule has 51 valence electrons. The van der Waals surface area contributed by atoms with Crippen LogP contribution in [0.2, 0.25) is 0 Å². The van der Waals surface area contributed by atoms with Gasteiger partial charge in [-0.1, -0.05) is 0 Å². The molecule has 0 spiro atoms. The minimum Gasteiger partial charge on any atom is -0.439 e. The van der Waals surface area contributed by atoms with E-state index in [1.165, 1.54) is 0 Å². The van der Waals surface area contributed by atoms with Crippen molar-refractivity contribution in [1.29, 1.82) is 0 Å². The normalized spacial score (nSPS) is 7.78. The Morgan fingerprint density at radius 2 is 1.22 bits per heavy atom. The number of rotatable bonds is 0. The molecule has 0 heterocycles. The summed E-state index contributed by atoms with van der Waals surface area (Å²) in [6.07, 6.45) is 0. The van der Waals surface area contributed by atoms with Crippen LogP contribution in [0.3, 0.4) is 0 Å². The van der Waals surface area contributed by atoms with Crippen molar-refractivity contribution >= 4 is 11.0 Å². The molecule has 0 rings (SSSR count). The molecule has 0 aromatic heterocycles. The first-order valence-electron chi connectivity index (χ1n) is 1.08. The zero-order valence-corrected chi connectivity index (χ0v) is 8.25. The Bertz CT molecular complexity index is 92.5. The SMILES string of the molecule is F[C](F)F.O=[S-](=O)O.[K+]. The predicted octanol–water partition coefficient (Wildman–Crippen LogP) is -1.89. The van der Waals surface area contributed by atoms with Crippen molar-refractivity contribution in [2.45, 2.75) is 0 Å². The first-order valence-corrected chi connectivity index (χ1v) is 2.11. The maximum absolute atomic E-state index is 9.58. The quantitative estimate of drug-likeness (QED) is 0.210. The Morgan fingerprint density at radius 3 is 1.22 bits per heavy atom. The summed E-state index contributed by atoms with van der Waals surface area (Å²) in [5.41, 5.74) is 0. The molecule has 0 aromatic rings. The van der Waals surface area contributed by atoms with Crippen molar-refractivity contribution in [1.82, 2.24) is 0 Å². The molecule has 0 fully saturated rings. The molecular formula is CHF3KO3S. The minimum atomic E-state index is -3.08. The zero-order valence-electron chi connectivity index (χ0n) is 4.31. The summed E-state index contributed by atoms with van der Waals surface area (Å²) < 4.78 is 52.8. The molecule has 3 nitrogen and oxygen atoms in total. The summed E-state index contributed by atoms with van der Waals surface area (Å²) in [6.45, 7) is -3.08. The maximum Gasteiger partial charge on any atom is 1.00 e. The second-order valence-electron chi connectivity index (χ2n) is 0.431. The van der Waals surface area contributed by atoms with E-state index in [0.717, 1.165) is 0 Å². The summed E-state index contributed by atoms with van der Waals surface area (Å²) in [7, 11) is -2.86. The van der Waals surface area contributed by atoms with Crippen LogP contribution >= 0.6 is 0 Å². The van der Waals surface area contributed by atoms with Gasteiger partial charge < -0.3 is 13.0 Å².